The van der Waals surface area contributed by atoms with Gasteiger partial charge < -0.3 is 5.11 Å². The van der Waals surface area contributed by atoms with Crippen LogP contribution in [0.15, 0.2) is 31.4 Å². The van der Waals surface area contributed by atoms with Crippen molar-refractivity contribution in [2.75, 3.05) is 0 Å². The number of benzene rings is 1. The van der Waals surface area contributed by atoms with E-state index < -0.39 is 0 Å². The maximum absolute atomic E-state index is 9.22. The molecule has 11 heavy (non-hydrogen) atoms. The molecule has 1 aromatic rings. The van der Waals surface area contributed by atoms with E-state index in [-0.39, 0.29) is 5.75 Å². The van der Waals surface area contributed by atoms with E-state index >= 15 is 0 Å². The Balaban J connectivity index is 3.22. The second kappa shape index (κ2) is 3.06. The van der Waals surface area contributed by atoms with Crippen molar-refractivity contribution < 1.29 is 5.11 Å². The van der Waals surface area contributed by atoms with Crippen LogP contribution in [-0.2, 0) is 0 Å². The molecular formula is C10H10O. The molecule has 0 bridgehead atoms. The van der Waals surface area contributed by atoms with Gasteiger partial charge in [-0.1, -0.05) is 31.4 Å². The summed E-state index contributed by atoms with van der Waals surface area (Å²) in [5.41, 5.74) is 1.72. The van der Waals surface area contributed by atoms with Crippen LogP contribution in [0.2, 0.25) is 0 Å². The fourth-order valence-electron chi connectivity index (χ4n) is 0.863. The molecule has 1 nitrogen and oxygen atoms in total. The predicted molar refractivity (Wildman–Crippen MR) is 48.3 cm³/mol. The Morgan fingerprint density at radius 2 is 1.91 bits per heavy atom. The van der Waals surface area contributed by atoms with Gasteiger partial charge in [-0.25, -0.2) is 0 Å². The number of rotatable bonds is 2. The maximum atomic E-state index is 9.22. The molecule has 0 aliphatic carbocycles. The Hall–Kier alpha value is -1.50. The lowest BCUT2D eigenvalue weighted by Gasteiger charge is -1.99. The topological polar surface area (TPSA) is 20.2 Å². The highest BCUT2D eigenvalue weighted by atomic mass is 16.3. The third kappa shape index (κ3) is 1.49. The molecule has 1 N–H and O–H groups in total. The van der Waals surface area contributed by atoms with Crippen LogP contribution in [0.25, 0.3) is 12.2 Å². The maximum Gasteiger partial charge on any atom is 0.122 e. The normalized spacial score (nSPS) is 9.09. The van der Waals surface area contributed by atoms with Crippen LogP contribution < -0.4 is 0 Å². The Bertz CT molecular complexity index is 287. The Morgan fingerprint density at radius 1 is 1.18 bits per heavy atom. The van der Waals surface area contributed by atoms with Gasteiger partial charge in [0, 0.05) is 5.56 Å². The van der Waals surface area contributed by atoms with E-state index in [2.05, 4.69) is 13.2 Å². The molecule has 56 valence electrons. The number of phenols is 1. The van der Waals surface area contributed by atoms with Crippen molar-refractivity contribution in [3.05, 3.63) is 42.5 Å². The molecule has 1 aromatic carbocycles. The van der Waals surface area contributed by atoms with Crippen molar-refractivity contribution in [2.45, 2.75) is 0 Å². The SMILES string of the molecule is C=Cc1ccc(O)c(C=C)c1. The van der Waals surface area contributed by atoms with E-state index in [0.29, 0.717) is 0 Å². The second-order valence-corrected chi connectivity index (χ2v) is 2.23. The molecule has 0 heterocycles. The van der Waals surface area contributed by atoms with E-state index in [4.69, 9.17) is 0 Å². The van der Waals surface area contributed by atoms with Crippen molar-refractivity contribution in [1.82, 2.24) is 0 Å². The average Bonchev–Trinajstić information content (AvgIpc) is 2.05. The first kappa shape index (κ1) is 7.61. The summed E-state index contributed by atoms with van der Waals surface area (Å²) in [5.74, 6) is 0.255. The fraction of sp³-hybridized carbons (Fsp3) is 0. The highest BCUT2D eigenvalue weighted by Gasteiger charge is 1.95. The molecule has 0 fully saturated rings. The van der Waals surface area contributed by atoms with Gasteiger partial charge in [-0.3, -0.25) is 0 Å². The zero-order valence-corrected chi connectivity index (χ0v) is 6.25. The minimum absolute atomic E-state index is 0.255. The van der Waals surface area contributed by atoms with Crippen LogP contribution in [0, 0.1) is 0 Å². The molecule has 0 aromatic heterocycles. The third-order valence-corrected chi connectivity index (χ3v) is 1.51. The summed E-state index contributed by atoms with van der Waals surface area (Å²) in [7, 11) is 0. The van der Waals surface area contributed by atoms with E-state index in [9.17, 15) is 5.11 Å². The smallest absolute Gasteiger partial charge is 0.122 e. The van der Waals surface area contributed by atoms with Gasteiger partial charge in [-0.05, 0) is 17.7 Å². The first-order valence-corrected chi connectivity index (χ1v) is 3.36. The summed E-state index contributed by atoms with van der Waals surface area (Å²) in [6, 6.07) is 5.26. The second-order valence-electron chi connectivity index (χ2n) is 2.23. The van der Waals surface area contributed by atoms with Gasteiger partial charge in [0.15, 0.2) is 0 Å². The van der Waals surface area contributed by atoms with Crippen LogP contribution in [-0.4, -0.2) is 5.11 Å². The third-order valence-electron chi connectivity index (χ3n) is 1.51. The number of aromatic hydroxyl groups is 1. The molecule has 0 amide bonds. The number of hydrogen-bond acceptors (Lipinski definition) is 1. The van der Waals surface area contributed by atoms with Gasteiger partial charge in [-0.2, -0.15) is 0 Å². The van der Waals surface area contributed by atoms with Gasteiger partial charge in [0.2, 0.25) is 0 Å². The molecule has 1 rings (SSSR count). The van der Waals surface area contributed by atoms with Crippen molar-refractivity contribution in [3.63, 3.8) is 0 Å². The monoisotopic (exact) mass is 146 g/mol. The molecule has 0 saturated heterocycles. The van der Waals surface area contributed by atoms with Crippen molar-refractivity contribution in [3.8, 4) is 5.75 Å². The Morgan fingerprint density at radius 3 is 2.45 bits per heavy atom. The summed E-state index contributed by atoms with van der Waals surface area (Å²) < 4.78 is 0. The summed E-state index contributed by atoms with van der Waals surface area (Å²) in [4.78, 5) is 0. The Kier molecular flexibility index (Phi) is 2.12. The minimum Gasteiger partial charge on any atom is -0.507 e. The molecule has 0 atom stereocenters. The summed E-state index contributed by atoms with van der Waals surface area (Å²) >= 11 is 0. The van der Waals surface area contributed by atoms with Gasteiger partial charge >= 0.3 is 0 Å². The van der Waals surface area contributed by atoms with Crippen LogP contribution in [0.1, 0.15) is 11.1 Å². The van der Waals surface area contributed by atoms with Crippen molar-refractivity contribution in [2.24, 2.45) is 0 Å². The number of phenolic OH excluding ortho intramolecular Hbond substituents is 1. The van der Waals surface area contributed by atoms with Crippen LogP contribution in [0.3, 0.4) is 0 Å². The lowest BCUT2D eigenvalue weighted by Crippen LogP contribution is -1.76. The van der Waals surface area contributed by atoms with E-state index in [1.807, 2.05) is 6.07 Å². The largest absolute Gasteiger partial charge is 0.507 e. The molecule has 0 saturated carbocycles. The molecule has 0 radical (unpaired) electrons. The molecule has 1 heteroatoms. The van der Waals surface area contributed by atoms with Gasteiger partial charge in [0.25, 0.3) is 0 Å². The van der Waals surface area contributed by atoms with Gasteiger partial charge in [0.05, 0.1) is 0 Å². The zero-order valence-electron chi connectivity index (χ0n) is 6.25. The highest BCUT2D eigenvalue weighted by molar-refractivity contribution is 5.61. The van der Waals surface area contributed by atoms with Gasteiger partial charge in [-0.15, -0.1) is 0 Å². The predicted octanol–water partition coefficient (Wildman–Crippen LogP) is 2.68. The van der Waals surface area contributed by atoms with Crippen molar-refractivity contribution >= 4 is 12.2 Å². The summed E-state index contributed by atoms with van der Waals surface area (Å²) in [5, 5.41) is 9.22. The zero-order chi connectivity index (χ0) is 8.27. The van der Waals surface area contributed by atoms with E-state index in [1.54, 1.807) is 24.3 Å². The molecule has 0 unspecified atom stereocenters. The first-order valence-electron chi connectivity index (χ1n) is 3.36. The molecular weight excluding hydrogens is 136 g/mol. The molecule has 0 aliphatic rings. The lowest BCUT2D eigenvalue weighted by atomic mass is 10.1. The molecule has 0 spiro atoms. The van der Waals surface area contributed by atoms with E-state index in [0.717, 1.165) is 11.1 Å². The van der Waals surface area contributed by atoms with Crippen LogP contribution in [0.5, 0.6) is 5.75 Å². The fourth-order valence-corrected chi connectivity index (χ4v) is 0.863. The van der Waals surface area contributed by atoms with Gasteiger partial charge in [0.1, 0.15) is 5.75 Å². The minimum atomic E-state index is 0.255. The van der Waals surface area contributed by atoms with Crippen LogP contribution in [0.4, 0.5) is 0 Å². The molecule has 0 aliphatic heterocycles. The lowest BCUT2D eigenvalue weighted by molar-refractivity contribution is 0.474. The number of hydrogen-bond donors (Lipinski definition) is 1. The quantitative estimate of drug-likeness (QED) is 0.680. The average molecular weight is 146 g/mol. The summed E-state index contributed by atoms with van der Waals surface area (Å²) in [6.45, 7) is 7.19. The first-order chi connectivity index (χ1) is 5.27. The standard InChI is InChI=1S/C10H10O/c1-3-8-5-6-10(11)9(4-2)7-8/h3-7,11H,1-2H2. The summed E-state index contributed by atoms with van der Waals surface area (Å²) in [6.07, 6.45) is 3.34. The van der Waals surface area contributed by atoms with Crippen molar-refractivity contribution in [1.29, 1.82) is 0 Å². The Labute approximate surface area is 66.3 Å². The highest BCUT2D eigenvalue weighted by Crippen LogP contribution is 2.19. The van der Waals surface area contributed by atoms with Crippen LogP contribution >= 0.6 is 0 Å². The van der Waals surface area contributed by atoms with E-state index in [1.165, 1.54) is 0 Å².